The molecule has 0 radical (unpaired) electrons. The highest BCUT2D eigenvalue weighted by atomic mass is 19.4. The van der Waals surface area contributed by atoms with Gasteiger partial charge in [-0.05, 0) is 19.3 Å². The summed E-state index contributed by atoms with van der Waals surface area (Å²) in [7, 11) is 0. The molecule has 0 spiro atoms. The maximum Gasteiger partial charge on any atom is 0.393 e. The Labute approximate surface area is 67.9 Å². The van der Waals surface area contributed by atoms with E-state index in [2.05, 4.69) is 0 Å². The first-order chi connectivity index (χ1) is 5.41. The van der Waals surface area contributed by atoms with Gasteiger partial charge in [0.25, 0.3) is 0 Å². The van der Waals surface area contributed by atoms with E-state index in [0.717, 1.165) is 0 Å². The van der Waals surface area contributed by atoms with Crippen molar-refractivity contribution in [1.82, 2.24) is 0 Å². The van der Waals surface area contributed by atoms with E-state index in [-0.39, 0.29) is 12.8 Å². The summed E-state index contributed by atoms with van der Waals surface area (Å²) in [4.78, 5) is 0. The Morgan fingerprint density at radius 2 is 1.75 bits per heavy atom. The SMILES string of the molecule is NC1CCC(F)CC1C(F)(F)F. The average Bonchev–Trinajstić information content (AvgIpc) is 1.92. The van der Waals surface area contributed by atoms with Crippen LogP contribution in [0.15, 0.2) is 0 Å². The minimum absolute atomic E-state index is 0.130. The van der Waals surface area contributed by atoms with Crippen LogP contribution in [0.4, 0.5) is 17.6 Å². The van der Waals surface area contributed by atoms with Crippen molar-refractivity contribution < 1.29 is 17.6 Å². The van der Waals surface area contributed by atoms with Crippen molar-refractivity contribution in [2.45, 2.75) is 37.7 Å². The molecule has 2 N–H and O–H groups in total. The largest absolute Gasteiger partial charge is 0.393 e. The van der Waals surface area contributed by atoms with Gasteiger partial charge in [-0.2, -0.15) is 13.2 Å². The lowest BCUT2D eigenvalue weighted by Crippen LogP contribution is -2.44. The monoisotopic (exact) mass is 185 g/mol. The summed E-state index contributed by atoms with van der Waals surface area (Å²) in [5.74, 6) is -1.65. The van der Waals surface area contributed by atoms with Gasteiger partial charge in [0.1, 0.15) is 6.17 Å². The zero-order valence-electron chi connectivity index (χ0n) is 6.44. The lowest BCUT2D eigenvalue weighted by atomic mass is 9.83. The molecule has 1 fully saturated rings. The van der Waals surface area contributed by atoms with E-state index in [9.17, 15) is 17.6 Å². The van der Waals surface area contributed by atoms with Gasteiger partial charge in [-0.25, -0.2) is 4.39 Å². The summed E-state index contributed by atoms with van der Waals surface area (Å²) >= 11 is 0. The zero-order chi connectivity index (χ0) is 9.35. The number of halogens is 4. The Hall–Kier alpha value is -0.320. The molecule has 1 aliphatic carbocycles. The van der Waals surface area contributed by atoms with Crippen LogP contribution in [-0.4, -0.2) is 18.4 Å². The quantitative estimate of drug-likeness (QED) is 0.574. The van der Waals surface area contributed by atoms with Crippen molar-refractivity contribution >= 4 is 0 Å². The molecule has 5 heteroatoms. The molecular weight excluding hydrogens is 174 g/mol. The van der Waals surface area contributed by atoms with Gasteiger partial charge in [-0.1, -0.05) is 0 Å². The molecule has 0 aromatic rings. The minimum Gasteiger partial charge on any atom is -0.327 e. The Bertz CT molecular complexity index is 156. The van der Waals surface area contributed by atoms with Crippen molar-refractivity contribution in [2.24, 2.45) is 11.7 Å². The van der Waals surface area contributed by atoms with Crippen LogP contribution < -0.4 is 5.73 Å². The van der Waals surface area contributed by atoms with Crippen molar-refractivity contribution in [3.05, 3.63) is 0 Å². The molecule has 72 valence electrons. The summed E-state index contributed by atoms with van der Waals surface area (Å²) in [5, 5.41) is 0. The summed E-state index contributed by atoms with van der Waals surface area (Å²) in [6, 6.07) is -0.919. The highest BCUT2D eigenvalue weighted by Crippen LogP contribution is 2.37. The van der Waals surface area contributed by atoms with Crippen molar-refractivity contribution in [2.75, 3.05) is 0 Å². The van der Waals surface area contributed by atoms with Crippen molar-refractivity contribution in [1.29, 1.82) is 0 Å². The molecule has 1 aliphatic rings. The second-order valence-corrected chi connectivity index (χ2v) is 3.22. The minimum atomic E-state index is -4.34. The van der Waals surface area contributed by atoms with Crippen molar-refractivity contribution in [3.63, 3.8) is 0 Å². The third-order valence-corrected chi connectivity index (χ3v) is 2.26. The molecule has 0 aromatic carbocycles. The van der Waals surface area contributed by atoms with Gasteiger partial charge in [-0.15, -0.1) is 0 Å². The smallest absolute Gasteiger partial charge is 0.327 e. The Morgan fingerprint density at radius 3 is 2.17 bits per heavy atom. The molecule has 0 bridgehead atoms. The number of hydrogen-bond acceptors (Lipinski definition) is 1. The molecule has 1 saturated carbocycles. The van der Waals surface area contributed by atoms with Crippen LogP contribution in [0.5, 0.6) is 0 Å². The Morgan fingerprint density at radius 1 is 1.17 bits per heavy atom. The van der Waals surface area contributed by atoms with Crippen LogP contribution in [0.3, 0.4) is 0 Å². The predicted octanol–water partition coefficient (Wildman–Crippen LogP) is 2.01. The highest BCUT2D eigenvalue weighted by Gasteiger charge is 2.46. The van der Waals surface area contributed by atoms with Crippen LogP contribution in [-0.2, 0) is 0 Å². The van der Waals surface area contributed by atoms with Crippen LogP contribution >= 0.6 is 0 Å². The van der Waals surface area contributed by atoms with Gasteiger partial charge in [0.05, 0.1) is 5.92 Å². The summed E-state index contributed by atoms with van der Waals surface area (Å²) < 4.78 is 48.9. The number of hydrogen-bond donors (Lipinski definition) is 1. The summed E-state index contributed by atoms with van der Waals surface area (Å²) in [6.45, 7) is 0. The van der Waals surface area contributed by atoms with Crippen LogP contribution in [0, 0.1) is 5.92 Å². The van der Waals surface area contributed by atoms with E-state index in [1.165, 1.54) is 0 Å². The number of alkyl halides is 4. The first-order valence-corrected chi connectivity index (χ1v) is 3.87. The second-order valence-electron chi connectivity index (χ2n) is 3.22. The van der Waals surface area contributed by atoms with E-state index >= 15 is 0 Å². The van der Waals surface area contributed by atoms with E-state index in [1.807, 2.05) is 0 Å². The molecule has 0 saturated heterocycles. The van der Waals surface area contributed by atoms with E-state index in [4.69, 9.17) is 5.73 Å². The molecule has 0 amide bonds. The fourth-order valence-electron chi connectivity index (χ4n) is 1.52. The van der Waals surface area contributed by atoms with Gasteiger partial charge in [0, 0.05) is 6.04 Å². The molecule has 12 heavy (non-hydrogen) atoms. The first kappa shape index (κ1) is 9.77. The normalized spacial score (nSPS) is 38.2. The Kier molecular flexibility index (Phi) is 2.61. The Balaban J connectivity index is 2.61. The van der Waals surface area contributed by atoms with Gasteiger partial charge in [-0.3, -0.25) is 0 Å². The lowest BCUT2D eigenvalue weighted by molar-refractivity contribution is -0.190. The van der Waals surface area contributed by atoms with E-state index in [1.54, 1.807) is 0 Å². The molecule has 0 aromatic heterocycles. The fourth-order valence-corrected chi connectivity index (χ4v) is 1.52. The molecule has 3 unspecified atom stereocenters. The summed E-state index contributed by atoms with van der Waals surface area (Å²) in [5.41, 5.74) is 5.24. The third-order valence-electron chi connectivity index (χ3n) is 2.26. The number of rotatable bonds is 0. The molecule has 1 nitrogen and oxygen atoms in total. The van der Waals surface area contributed by atoms with Gasteiger partial charge < -0.3 is 5.73 Å². The predicted molar refractivity (Wildman–Crippen MR) is 36.3 cm³/mol. The van der Waals surface area contributed by atoms with Gasteiger partial charge >= 0.3 is 6.18 Å². The third kappa shape index (κ3) is 2.09. The second kappa shape index (κ2) is 3.20. The molecule has 0 aliphatic heterocycles. The van der Waals surface area contributed by atoms with Crippen LogP contribution in [0.2, 0.25) is 0 Å². The van der Waals surface area contributed by atoms with Crippen molar-refractivity contribution in [3.8, 4) is 0 Å². The summed E-state index contributed by atoms with van der Waals surface area (Å²) in [6.07, 6.45) is -5.86. The lowest BCUT2D eigenvalue weighted by Gasteiger charge is -2.31. The van der Waals surface area contributed by atoms with Crippen LogP contribution in [0.25, 0.3) is 0 Å². The zero-order valence-corrected chi connectivity index (χ0v) is 6.44. The highest BCUT2D eigenvalue weighted by molar-refractivity contribution is 4.86. The molecule has 3 atom stereocenters. The van der Waals surface area contributed by atoms with Gasteiger partial charge in [0.15, 0.2) is 0 Å². The molecule has 0 heterocycles. The van der Waals surface area contributed by atoms with E-state index < -0.39 is 30.7 Å². The maximum atomic E-state index is 12.6. The fraction of sp³-hybridized carbons (Fsp3) is 1.00. The standard InChI is InChI=1S/C7H11F4N/c8-4-1-2-6(12)5(3-4)7(9,10)11/h4-6H,1-3,12H2. The van der Waals surface area contributed by atoms with E-state index in [0.29, 0.717) is 0 Å². The molecular formula is C7H11F4N. The number of nitrogens with two attached hydrogens (primary N) is 1. The maximum absolute atomic E-state index is 12.6. The average molecular weight is 185 g/mol. The molecule has 1 rings (SSSR count). The van der Waals surface area contributed by atoms with Crippen LogP contribution in [0.1, 0.15) is 19.3 Å². The topological polar surface area (TPSA) is 26.0 Å². The van der Waals surface area contributed by atoms with Gasteiger partial charge in [0.2, 0.25) is 0 Å². The first-order valence-electron chi connectivity index (χ1n) is 3.87.